The minimum Gasteiger partial charge on any atom is -0.497 e. The molecule has 2 rings (SSSR count). The van der Waals surface area contributed by atoms with E-state index in [4.69, 9.17) is 4.74 Å². The van der Waals surface area contributed by atoms with Gasteiger partial charge in [-0.15, -0.1) is 0 Å². The topological polar surface area (TPSA) is 27.1 Å². The number of hydrogen-bond donors (Lipinski definition) is 0. The number of nitrogens with zero attached hydrogens (tertiary/aromatic N) is 2. The third-order valence-corrected chi connectivity index (χ3v) is 2.62. The molecule has 0 N–H and O–H groups in total. The molecule has 0 saturated heterocycles. The van der Waals surface area contributed by atoms with Crippen LogP contribution in [-0.2, 0) is 13.5 Å². The third-order valence-electron chi connectivity index (χ3n) is 2.62. The van der Waals surface area contributed by atoms with Crippen LogP contribution < -0.4 is 4.74 Å². The molecule has 0 spiro atoms. The number of aryl methyl sites for hydroxylation is 2. The molecule has 3 heteroatoms. The summed E-state index contributed by atoms with van der Waals surface area (Å²) in [5.41, 5.74) is 2.33. The van der Waals surface area contributed by atoms with E-state index in [0.29, 0.717) is 0 Å². The highest BCUT2D eigenvalue weighted by Gasteiger charge is 2.08. The van der Waals surface area contributed by atoms with Crippen molar-refractivity contribution in [3.05, 3.63) is 23.9 Å². The first kappa shape index (κ1) is 10.0. The molecule has 80 valence electrons. The van der Waals surface area contributed by atoms with E-state index >= 15 is 0 Å². The highest BCUT2D eigenvalue weighted by Crippen LogP contribution is 2.24. The Kier molecular flexibility index (Phi) is 2.62. The zero-order valence-corrected chi connectivity index (χ0v) is 9.45. The van der Waals surface area contributed by atoms with Crippen molar-refractivity contribution >= 4 is 10.9 Å². The Morgan fingerprint density at radius 1 is 1.40 bits per heavy atom. The maximum atomic E-state index is 5.23. The Morgan fingerprint density at radius 2 is 2.20 bits per heavy atom. The van der Waals surface area contributed by atoms with Gasteiger partial charge in [0.25, 0.3) is 0 Å². The molecule has 0 aliphatic rings. The van der Waals surface area contributed by atoms with Gasteiger partial charge < -0.3 is 4.74 Å². The summed E-state index contributed by atoms with van der Waals surface area (Å²) in [6.45, 7) is 2.17. The van der Waals surface area contributed by atoms with Crippen molar-refractivity contribution in [2.45, 2.75) is 19.8 Å². The van der Waals surface area contributed by atoms with Gasteiger partial charge in [0.1, 0.15) is 5.75 Å². The molecule has 0 aliphatic heterocycles. The molecular formula is C12H16N2O. The summed E-state index contributed by atoms with van der Waals surface area (Å²) in [6.07, 6.45) is 2.13. The Balaban J connectivity index is 2.60. The van der Waals surface area contributed by atoms with Gasteiger partial charge in [0.15, 0.2) is 0 Å². The van der Waals surface area contributed by atoms with Gasteiger partial charge in [-0.2, -0.15) is 5.10 Å². The molecule has 1 aromatic carbocycles. The van der Waals surface area contributed by atoms with E-state index in [2.05, 4.69) is 24.2 Å². The molecule has 3 nitrogen and oxygen atoms in total. The second kappa shape index (κ2) is 3.93. The summed E-state index contributed by atoms with van der Waals surface area (Å²) >= 11 is 0. The number of fused-ring (bicyclic) bond motifs is 1. The lowest BCUT2D eigenvalue weighted by molar-refractivity contribution is 0.415. The van der Waals surface area contributed by atoms with Crippen molar-refractivity contribution in [1.82, 2.24) is 9.78 Å². The number of methoxy groups -OCH3 is 1. The zero-order chi connectivity index (χ0) is 10.8. The molecule has 0 radical (unpaired) electrons. The van der Waals surface area contributed by atoms with Crippen LogP contribution in [0.15, 0.2) is 18.2 Å². The molecular weight excluding hydrogens is 188 g/mol. The Hall–Kier alpha value is -1.51. The molecule has 1 aromatic heterocycles. The fourth-order valence-electron chi connectivity index (χ4n) is 1.87. The SMILES string of the molecule is CCCc1nn(C)c2ccc(OC)cc12. The lowest BCUT2D eigenvalue weighted by Crippen LogP contribution is -1.91. The predicted molar refractivity (Wildman–Crippen MR) is 61.3 cm³/mol. The molecule has 0 bridgehead atoms. The van der Waals surface area contributed by atoms with Gasteiger partial charge in [0.05, 0.1) is 18.3 Å². The monoisotopic (exact) mass is 204 g/mol. The van der Waals surface area contributed by atoms with Crippen molar-refractivity contribution in [1.29, 1.82) is 0 Å². The number of ether oxygens (including phenoxy) is 1. The number of rotatable bonds is 3. The molecule has 0 unspecified atom stereocenters. The second-order valence-corrected chi connectivity index (χ2v) is 3.70. The van der Waals surface area contributed by atoms with Crippen molar-refractivity contribution < 1.29 is 4.74 Å². The molecule has 0 atom stereocenters. The third kappa shape index (κ3) is 1.69. The summed E-state index contributed by atoms with van der Waals surface area (Å²) in [4.78, 5) is 0. The van der Waals surface area contributed by atoms with Crippen molar-refractivity contribution in [2.75, 3.05) is 7.11 Å². The van der Waals surface area contributed by atoms with Crippen LogP contribution >= 0.6 is 0 Å². The maximum absolute atomic E-state index is 5.23. The molecule has 15 heavy (non-hydrogen) atoms. The van der Waals surface area contributed by atoms with Gasteiger partial charge in [-0.05, 0) is 24.6 Å². The largest absolute Gasteiger partial charge is 0.497 e. The van der Waals surface area contributed by atoms with Crippen LogP contribution in [0.3, 0.4) is 0 Å². The van der Waals surface area contributed by atoms with Crippen LogP contribution in [0.1, 0.15) is 19.0 Å². The van der Waals surface area contributed by atoms with Gasteiger partial charge in [-0.1, -0.05) is 13.3 Å². The fourth-order valence-corrected chi connectivity index (χ4v) is 1.87. The first-order valence-electron chi connectivity index (χ1n) is 5.26. The molecule has 0 fully saturated rings. The molecule has 2 aromatic rings. The minimum atomic E-state index is 0.896. The van der Waals surface area contributed by atoms with Crippen LogP contribution in [0, 0.1) is 0 Å². The van der Waals surface area contributed by atoms with Crippen LogP contribution in [0.4, 0.5) is 0 Å². The summed E-state index contributed by atoms with van der Waals surface area (Å²) in [6, 6.07) is 6.09. The van der Waals surface area contributed by atoms with Crippen molar-refractivity contribution in [2.24, 2.45) is 7.05 Å². The van der Waals surface area contributed by atoms with E-state index in [0.717, 1.165) is 24.3 Å². The average Bonchev–Trinajstić information content (AvgIpc) is 2.56. The van der Waals surface area contributed by atoms with Gasteiger partial charge in [0.2, 0.25) is 0 Å². The summed E-state index contributed by atoms with van der Waals surface area (Å²) < 4.78 is 7.16. The molecule has 0 saturated carbocycles. The molecule has 0 amide bonds. The Morgan fingerprint density at radius 3 is 2.87 bits per heavy atom. The van der Waals surface area contributed by atoms with E-state index in [1.54, 1.807) is 7.11 Å². The smallest absolute Gasteiger partial charge is 0.119 e. The zero-order valence-electron chi connectivity index (χ0n) is 9.45. The van der Waals surface area contributed by atoms with E-state index in [1.807, 2.05) is 17.8 Å². The Labute approximate surface area is 89.7 Å². The first-order valence-corrected chi connectivity index (χ1v) is 5.26. The average molecular weight is 204 g/mol. The molecule has 1 heterocycles. The summed E-state index contributed by atoms with van der Waals surface area (Å²) in [7, 11) is 3.67. The second-order valence-electron chi connectivity index (χ2n) is 3.70. The van der Waals surface area contributed by atoms with E-state index < -0.39 is 0 Å². The first-order chi connectivity index (χ1) is 7.26. The number of hydrogen-bond acceptors (Lipinski definition) is 2. The van der Waals surface area contributed by atoms with E-state index in [1.165, 1.54) is 10.9 Å². The highest BCUT2D eigenvalue weighted by molar-refractivity contribution is 5.83. The lowest BCUT2D eigenvalue weighted by atomic mass is 10.1. The summed E-state index contributed by atoms with van der Waals surface area (Å²) in [5.74, 6) is 0.896. The lowest BCUT2D eigenvalue weighted by Gasteiger charge is -2.00. The minimum absolute atomic E-state index is 0.896. The van der Waals surface area contributed by atoms with E-state index in [-0.39, 0.29) is 0 Å². The maximum Gasteiger partial charge on any atom is 0.119 e. The van der Waals surface area contributed by atoms with Crippen LogP contribution in [-0.4, -0.2) is 16.9 Å². The highest BCUT2D eigenvalue weighted by atomic mass is 16.5. The van der Waals surface area contributed by atoms with Crippen molar-refractivity contribution in [3.63, 3.8) is 0 Å². The van der Waals surface area contributed by atoms with Gasteiger partial charge >= 0.3 is 0 Å². The van der Waals surface area contributed by atoms with Gasteiger partial charge in [-0.3, -0.25) is 4.68 Å². The van der Waals surface area contributed by atoms with E-state index in [9.17, 15) is 0 Å². The standard InChI is InChI=1S/C12H16N2O/c1-4-5-11-10-8-9(15-3)6-7-12(10)14(2)13-11/h6-8H,4-5H2,1-3H3. The number of benzene rings is 1. The predicted octanol–water partition coefficient (Wildman–Crippen LogP) is 2.53. The Bertz CT molecular complexity index is 474. The van der Waals surface area contributed by atoms with Gasteiger partial charge in [-0.25, -0.2) is 0 Å². The quantitative estimate of drug-likeness (QED) is 0.768. The van der Waals surface area contributed by atoms with Crippen LogP contribution in [0.25, 0.3) is 10.9 Å². The van der Waals surface area contributed by atoms with Gasteiger partial charge in [0, 0.05) is 12.4 Å². The molecule has 0 aliphatic carbocycles. The fraction of sp³-hybridized carbons (Fsp3) is 0.417. The van der Waals surface area contributed by atoms with Crippen LogP contribution in [0.5, 0.6) is 5.75 Å². The summed E-state index contributed by atoms with van der Waals surface area (Å²) in [5, 5.41) is 5.72. The normalized spacial score (nSPS) is 10.9. The van der Waals surface area contributed by atoms with Crippen LogP contribution in [0.2, 0.25) is 0 Å². The number of aromatic nitrogens is 2. The van der Waals surface area contributed by atoms with Crippen molar-refractivity contribution in [3.8, 4) is 5.75 Å².